The van der Waals surface area contributed by atoms with Gasteiger partial charge in [0, 0.05) is 38.1 Å². The number of thiophene rings is 1. The number of nitrogens with zero attached hydrogens (tertiary/aromatic N) is 4. The maximum atomic E-state index is 12.7. The quantitative estimate of drug-likeness (QED) is 0.685. The molecule has 1 N–H and O–H groups in total. The number of rotatable bonds is 4. The second-order valence-corrected chi connectivity index (χ2v) is 9.66. The molecule has 3 aromatic rings. The van der Waals surface area contributed by atoms with Gasteiger partial charge in [-0.05, 0) is 37.6 Å². The molecule has 0 aliphatic carbocycles. The van der Waals surface area contributed by atoms with E-state index in [2.05, 4.69) is 14.8 Å². The Kier molecular flexibility index (Phi) is 4.91. The summed E-state index contributed by atoms with van der Waals surface area (Å²) in [5, 5.41) is 8.05. The number of fused-ring (bicyclic) bond motifs is 1. The van der Waals surface area contributed by atoms with Crippen LogP contribution < -0.4 is 5.32 Å². The van der Waals surface area contributed by atoms with Crippen molar-refractivity contribution in [3.8, 4) is 0 Å². The molecule has 4 rings (SSSR count). The normalized spacial score (nSPS) is 16.1. The summed E-state index contributed by atoms with van der Waals surface area (Å²) in [4.78, 5) is 16.0. The van der Waals surface area contributed by atoms with Crippen molar-refractivity contribution in [3.63, 3.8) is 0 Å². The Bertz CT molecular complexity index is 1210. The molecule has 10 heteroatoms. The highest BCUT2D eigenvalue weighted by Gasteiger charge is 2.21. The Labute approximate surface area is 172 Å². The number of anilines is 1. The van der Waals surface area contributed by atoms with Crippen LogP contribution in [0, 0.1) is 6.92 Å². The highest BCUT2D eigenvalue weighted by molar-refractivity contribution is 7.90. The maximum absolute atomic E-state index is 12.7. The molecule has 0 radical (unpaired) electrons. The predicted molar refractivity (Wildman–Crippen MR) is 114 cm³/mol. The minimum absolute atomic E-state index is 0.0551. The summed E-state index contributed by atoms with van der Waals surface area (Å²) in [7, 11) is -0.164. The van der Waals surface area contributed by atoms with E-state index < -0.39 is 10.0 Å². The van der Waals surface area contributed by atoms with Crippen LogP contribution in [0.25, 0.3) is 10.2 Å². The summed E-state index contributed by atoms with van der Waals surface area (Å²) in [5.41, 5.74) is 1.27. The van der Waals surface area contributed by atoms with Gasteiger partial charge in [-0.3, -0.25) is 9.48 Å². The third-order valence-corrected chi connectivity index (χ3v) is 7.37. The van der Waals surface area contributed by atoms with E-state index in [0.717, 1.165) is 28.9 Å². The van der Waals surface area contributed by atoms with E-state index in [9.17, 15) is 13.2 Å². The van der Waals surface area contributed by atoms with Gasteiger partial charge in [-0.1, -0.05) is 6.07 Å². The van der Waals surface area contributed by atoms with Gasteiger partial charge in [-0.25, -0.2) is 0 Å². The maximum Gasteiger partial charge on any atom is 0.284 e. The molecule has 1 amide bonds. The van der Waals surface area contributed by atoms with Crippen molar-refractivity contribution in [1.82, 2.24) is 14.7 Å². The molecule has 1 fully saturated rings. The van der Waals surface area contributed by atoms with Crippen LogP contribution in [0.5, 0.6) is 0 Å². The lowest BCUT2D eigenvalue weighted by molar-refractivity contribution is 0.103. The molecule has 0 saturated carbocycles. The summed E-state index contributed by atoms with van der Waals surface area (Å²) < 4.78 is 31.1. The number of benzene rings is 1. The number of amides is 1. The van der Waals surface area contributed by atoms with Crippen molar-refractivity contribution >= 4 is 49.0 Å². The van der Waals surface area contributed by atoms with Gasteiger partial charge in [-0.2, -0.15) is 13.5 Å². The first-order valence-corrected chi connectivity index (χ1v) is 11.4. The average Bonchev–Trinajstić information content (AvgIpc) is 3.34. The molecule has 1 aliphatic rings. The fraction of sp³-hybridized carbons (Fsp3) is 0.316. The van der Waals surface area contributed by atoms with Gasteiger partial charge in [0.25, 0.3) is 15.9 Å². The van der Waals surface area contributed by atoms with Gasteiger partial charge in [0.1, 0.15) is 10.7 Å². The first kappa shape index (κ1) is 19.6. The lowest BCUT2D eigenvalue weighted by atomic mass is 10.3. The average molecular weight is 432 g/mol. The van der Waals surface area contributed by atoms with Gasteiger partial charge in [0.05, 0.1) is 15.5 Å². The van der Waals surface area contributed by atoms with E-state index in [0.29, 0.717) is 22.8 Å². The lowest BCUT2D eigenvalue weighted by Crippen LogP contribution is -2.20. The summed E-state index contributed by atoms with van der Waals surface area (Å²) in [5.74, 6) is 0.274. The number of nitrogens with one attached hydrogen (secondary N) is 1. The molecule has 0 spiro atoms. The van der Waals surface area contributed by atoms with Crippen LogP contribution in [-0.4, -0.2) is 48.4 Å². The molecular formula is C19H21N5O3S2. The van der Waals surface area contributed by atoms with Crippen LogP contribution >= 0.6 is 11.3 Å². The third kappa shape index (κ3) is 3.77. The van der Waals surface area contributed by atoms with Crippen LogP contribution in [0.1, 0.15) is 28.2 Å². The highest BCUT2D eigenvalue weighted by Crippen LogP contribution is 2.28. The molecule has 1 aliphatic heterocycles. The fourth-order valence-electron chi connectivity index (χ4n) is 3.35. The van der Waals surface area contributed by atoms with Crippen LogP contribution in [0.15, 0.2) is 39.6 Å². The lowest BCUT2D eigenvalue weighted by Gasteiger charge is -2.11. The summed E-state index contributed by atoms with van der Waals surface area (Å²) >= 11 is 1.35. The smallest absolute Gasteiger partial charge is 0.284 e. The Morgan fingerprint density at radius 1 is 1.28 bits per heavy atom. The minimum Gasteiger partial charge on any atom is -0.362 e. The molecule has 2 aromatic heterocycles. The van der Waals surface area contributed by atoms with Gasteiger partial charge in [-0.15, -0.1) is 15.7 Å². The number of aryl methyl sites for hydroxylation is 2. The Morgan fingerprint density at radius 2 is 2.07 bits per heavy atom. The van der Waals surface area contributed by atoms with E-state index in [4.69, 9.17) is 0 Å². The van der Waals surface area contributed by atoms with E-state index in [-0.39, 0.29) is 10.8 Å². The van der Waals surface area contributed by atoms with Crippen molar-refractivity contribution in [2.24, 2.45) is 11.4 Å². The van der Waals surface area contributed by atoms with Crippen molar-refractivity contribution in [3.05, 3.63) is 40.9 Å². The summed E-state index contributed by atoms with van der Waals surface area (Å²) in [6.07, 6.45) is 1.54. The van der Waals surface area contributed by atoms with E-state index in [1.54, 1.807) is 22.9 Å². The van der Waals surface area contributed by atoms with Crippen molar-refractivity contribution in [1.29, 1.82) is 0 Å². The second-order valence-electron chi connectivity index (χ2n) is 7.03. The van der Waals surface area contributed by atoms with Crippen LogP contribution in [0.4, 0.5) is 5.69 Å². The largest absolute Gasteiger partial charge is 0.362 e. The topological polar surface area (TPSA) is 96.7 Å². The molecule has 152 valence electrons. The SMILES string of the molecule is Cc1nn(C)c2sc(C(=O)Nc3cccc(S(=O)(=O)/N=C4\CCCN4C)c3)cc12. The van der Waals surface area contributed by atoms with Crippen LogP contribution in [0.2, 0.25) is 0 Å². The molecular weight excluding hydrogens is 410 g/mol. The summed E-state index contributed by atoms with van der Waals surface area (Å²) in [6, 6.07) is 7.98. The molecule has 29 heavy (non-hydrogen) atoms. The first-order valence-electron chi connectivity index (χ1n) is 9.14. The van der Waals surface area contributed by atoms with Gasteiger partial charge in [0.2, 0.25) is 0 Å². The second kappa shape index (κ2) is 7.27. The molecule has 0 bridgehead atoms. The number of carbonyl (C=O) groups excluding carboxylic acids is 1. The Balaban J connectivity index is 1.58. The molecule has 0 unspecified atom stereocenters. The molecule has 1 saturated heterocycles. The number of hydrogen-bond donors (Lipinski definition) is 1. The van der Waals surface area contributed by atoms with Gasteiger partial charge in [0.15, 0.2) is 0 Å². The molecule has 0 atom stereocenters. The van der Waals surface area contributed by atoms with Crippen LogP contribution in [-0.2, 0) is 17.1 Å². The first-order chi connectivity index (χ1) is 13.7. The Hall–Kier alpha value is -2.72. The standard InChI is InChI=1S/C19H21N5O3S2/c1-12-15-11-16(28-19(15)24(3)21-12)18(25)20-13-6-4-7-14(10-13)29(26,27)22-17-8-5-9-23(17)2/h4,6-7,10-11H,5,8-9H2,1-3H3,(H,20,25)/b22-17+. The number of carbonyl (C=O) groups is 1. The van der Waals surface area contributed by atoms with Gasteiger partial charge >= 0.3 is 0 Å². The van der Waals surface area contributed by atoms with Crippen molar-refractivity contribution in [2.75, 3.05) is 18.9 Å². The highest BCUT2D eigenvalue weighted by atomic mass is 32.2. The third-order valence-electron chi connectivity index (χ3n) is 4.87. The molecule has 1 aromatic carbocycles. The molecule has 3 heterocycles. The predicted octanol–water partition coefficient (Wildman–Crippen LogP) is 3.01. The fourth-order valence-corrected chi connectivity index (χ4v) is 5.50. The number of hydrogen-bond acceptors (Lipinski definition) is 5. The van der Waals surface area contributed by atoms with Crippen molar-refractivity contribution < 1.29 is 13.2 Å². The van der Waals surface area contributed by atoms with E-state index >= 15 is 0 Å². The zero-order valence-corrected chi connectivity index (χ0v) is 18.0. The van der Waals surface area contributed by atoms with Crippen LogP contribution in [0.3, 0.4) is 0 Å². The number of amidine groups is 1. The Morgan fingerprint density at radius 3 is 2.76 bits per heavy atom. The number of aromatic nitrogens is 2. The summed E-state index contributed by atoms with van der Waals surface area (Å²) in [6.45, 7) is 2.70. The van der Waals surface area contributed by atoms with Crippen molar-refractivity contribution in [2.45, 2.75) is 24.7 Å². The van der Waals surface area contributed by atoms with E-state index in [1.807, 2.05) is 25.9 Å². The number of sulfonamides is 1. The zero-order chi connectivity index (χ0) is 20.8. The van der Waals surface area contributed by atoms with Gasteiger partial charge < -0.3 is 10.2 Å². The monoisotopic (exact) mass is 431 g/mol. The van der Waals surface area contributed by atoms with E-state index in [1.165, 1.54) is 23.5 Å². The minimum atomic E-state index is -3.84. The molecule has 8 nitrogen and oxygen atoms in total. The zero-order valence-electron chi connectivity index (χ0n) is 16.3. The number of likely N-dealkylation sites (tertiary alicyclic amines) is 1.